The van der Waals surface area contributed by atoms with Crippen LogP contribution in [0.2, 0.25) is 0 Å². The van der Waals surface area contributed by atoms with Crippen LogP contribution in [0.1, 0.15) is 213 Å². The summed E-state index contributed by atoms with van der Waals surface area (Å²) in [6, 6.07) is 0. The number of ether oxygens (including phenoxy) is 3. The van der Waals surface area contributed by atoms with E-state index in [0.29, 0.717) is 19.3 Å². The molecule has 0 saturated carbocycles. The molecule has 0 amide bonds. The van der Waals surface area contributed by atoms with Gasteiger partial charge >= 0.3 is 17.9 Å². The van der Waals surface area contributed by atoms with E-state index in [-0.39, 0.29) is 31.1 Å². The van der Waals surface area contributed by atoms with Crippen LogP contribution in [0.3, 0.4) is 0 Å². The van der Waals surface area contributed by atoms with Crippen molar-refractivity contribution in [2.24, 2.45) is 0 Å². The van der Waals surface area contributed by atoms with Crippen molar-refractivity contribution < 1.29 is 28.6 Å². The lowest BCUT2D eigenvalue weighted by molar-refractivity contribution is -0.167. The first-order chi connectivity index (χ1) is 27.0. The lowest BCUT2D eigenvalue weighted by atomic mass is 10.1. The van der Waals surface area contributed by atoms with Gasteiger partial charge in [-0.3, -0.25) is 14.4 Å². The van der Waals surface area contributed by atoms with Crippen molar-refractivity contribution in [1.29, 1.82) is 0 Å². The fourth-order valence-electron chi connectivity index (χ4n) is 6.00. The van der Waals surface area contributed by atoms with Gasteiger partial charge in [0.05, 0.1) is 0 Å². The molecule has 0 fully saturated rings. The summed E-state index contributed by atoms with van der Waals surface area (Å²) in [7, 11) is 0. The minimum atomic E-state index is -0.785. The molecule has 316 valence electrons. The van der Waals surface area contributed by atoms with E-state index in [4.69, 9.17) is 14.2 Å². The van der Waals surface area contributed by atoms with Gasteiger partial charge < -0.3 is 14.2 Å². The fraction of sp³-hybridized carbons (Fsp3) is 0.735. The van der Waals surface area contributed by atoms with Crippen molar-refractivity contribution in [2.45, 2.75) is 219 Å². The first-order valence-corrected chi connectivity index (χ1v) is 22.8. The van der Waals surface area contributed by atoms with Crippen LogP contribution in [-0.4, -0.2) is 37.2 Å². The summed E-state index contributed by atoms with van der Waals surface area (Å²) in [5, 5.41) is 0. The highest BCUT2D eigenvalue weighted by Gasteiger charge is 2.19. The van der Waals surface area contributed by atoms with Crippen LogP contribution in [0.25, 0.3) is 0 Å². The molecular formula is C49H84O6. The maximum atomic E-state index is 12.7. The smallest absolute Gasteiger partial charge is 0.306 e. The molecule has 0 aromatic heterocycles. The minimum Gasteiger partial charge on any atom is -0.462 e. The maximum Gasteiger partial charge on any atom is 0.306 e. The summed E-state index contributed by atoms with van der Waals surface area (Å²) in [5.74, 6) is -0.929. The van der Waals surface area contributed by atoms with E-state index in [1.165, 1.54) is 57.8 Å². The summed E-state index contributed by atoms with van der Waals surface area (Å²) >= 11 is 0. The molecule has 0 saturated heterocycles. The quantitative estimate of drug-likeness (QED) is 0.0267. The zero-order valence-corrected chi connectivity index (χ0v) is 35.9. The average Bonchev–Trinajstić information content (AvgIpc) is 3.18. The second kappa shape index (κ2) is 43.8. The number of carbonyl (C=O) groups is 3. The Balaban J connectivity index is 4.39. The predicted octanol–water partition coefficient (Wildman–Crippen LogP) is 14.5. The Hall–Kier alpha value is -2.89. The Morgan fingerprint density at radius 2 is 0.709 bits per heavy atom. The molecular weight excluding hydrogens is 685 g/mol. The van der Waals surface area contributed by atoms with E-state index < -0.39 is 6.10 Å². The second-order valence-corrected chi connectivity index (χ2v) is 14.9. The zero-order chi connectivity index (χ0) is 40.1. The van der Waals surface area contributed by atoms with E-state index in [0.717, 1.165) is 116 Å². The summed E-state index contributed by atoms with van der Waals surface area (Å²) in [6.07, 6.45) is 52.0. The topological polar surface area (TPSA) is 78.9 Å². The van der Waals surface area contributed by atoms with Crippen LogP contribution in [0.4, 0.5) is 0 Å². The fourth-order valence-corrected chi connectivity index (χ4v) is 6.00. The molecule has 0 heterocycles. The highest BCUT2D eigenvalue weighted by molar-refractivity contribution is 5.71. The van der Waals surface area contributed by atoms with E-state index in [1.807, 2.05) is 0 Å². The number of allylic oxidation sites excluding steroid dienone is 10. The van der Waals surface area contributed by atoms with Gasteiger partial charge in [0.2, 0.25) is 0 Å². The minimum absolute atomic E-state index is 0.0886. The molecule has 0 aliphatic heterocycles. The van der Waals surface area contributed by atoms with Crippen molar-refractivity contribution in [2.75, 3.05) is 13.2 Å². The molecule has 0 aliphatic carbocycles. The van der Waals surface area contributed by atoms with E-state index in [2.05, 4.69) is 81.5 Å². The molecule has 0 radical (unpaired) electrons. The van der Waals surface area contributed by atoms with Crippen molar-refractivity contribution in [3.8, 4) is 0 Å². The van der Waals surface area contributed by atoms with Gasteiger partial charge in [0.1, 0.15) is 13.2 Å². The number of unbranched alkanes of at least 4 members (excludes halogenated alkanes) is 19. The Morgan fingerprint density at radius 3 is 1.13 bits per heavy atom. The SMILES string of the molecule is CC/C=C\C/C=C\C/C=C\CCCCCCCCC(=O)OCC(COC(=O)CCCCCC/C=C\CCCC)OC(=O)CCCCCCC/C=C\CCCC. The Morgan fingerprint density at radius 1 is 0.382 bits per heavy atom. The molecule has 0 spiro atoms. The molecule has 1 atom stereocenters. The molecule has 0 aliphatic rings. The molecule has 55 heavy (non-hydrogen) atoms. The van der Waals surface area contributed by atoms with Crippen LogP contribution >= 0.6 is 0 Å². The van der Waals surface area contributed by atoms with Gasteiger partial charge in [0.25, 0.3) is 0 Å². The Labute approximate surface area is 339 Å². The van der Waals surface area contributed by atoms with Crippen molar-refractivity contribution in [1.82, 2.24) is 0 Å². The van der Waals surface area contributed by atoms with Crippen LogP contribution < -0.4 is 0 Å². The van der Waals surface area contributed by atoms with Gasteiger partial charge in [-0.2, -0.15) is 0 Å². The van der Waals surface area contributed by atoms with Gasteiger partial charge in [-0.15, -0.1) is 0 Å². The van der Waals surface area contributed by atoms with Gasteiger partial charge in [0.15, 0.2) is 6.10 Å². The Bertz CT molecular complexity index is 1020. The highest BCUT2D eigenvalue weighted by atomic mass is 16.6. The van der Waals surface area contributed by atoms with Crippen molar-refractivity contribution >= 4 is 17.9 Å². The molecule has 0 rings (SSSR count). The predicted molar refractivity (Wildman–Crippen MR) is 233 cm³/mol. The van der Waals surface area contributed by atoms with Crippen molar-refractivity contribution in [3.05, 3.63) is 60.8 Å². The monoisotopic (exact) mass is 769 g/mol. The van der Waals surface area contributed by atoms with Gasteiger partial charge in [-0.1, -0.05) is 165 Å². The first kappa shape index (κ1) is 52.1. The molecule has 0 bridgehead atoms. The van der Waals surface area contributed by atoms with Crippen LogP contribution in [-0.2, 0) is 28.6 Å². The first-order valence-electron chi connectivity index (χ1n) is 22.8. The lowest BCUT2D eigenvalue weighted by Gasteiger charge is -2.18. The number of carbonyl (C=O) groups excluding carboxylic acids is 3. The van der Waals surface area contributed by atoms with E-state index in [1.54, 1.807) is 0 Å². The second-order valence-electron chi connectivity index (χ2n) is 14.9. The number of hydrogen-bond donors (Lipinski definition) is 0. The third kappa shape index (κ3) is 42.1. The zero-order valence-electron chi connectivity index (χ0n) is 35.9. The molecule has 0 aromatic rings. The summed E-state index contributed by atoms with van der Waals surface area (Å²) < 4.78 is 16.7. The van der Waals surface area contributed by atoms with Crippen LogP contribution in [0.5, 0.6) is 0 Å². The van der Waals surface area contributed by atoms with Gasteiger partial charge in [-0.05, 0) is 89.9 Å². The van der Waals surface area contributed by atoms with Crippen molar-refractivity contribution in [3.63, 3.8) is 0 Å². The van der Waals surface area contributed by atoms with Gasteiger partial charge in [-0.25, -0.2) is 0 Å². The number of esters is 3. The van der Waals surface area contributed by atoms with E-state index in [9.17, 15) is 14.4 Å². The third-order valence-electron chi connectivity index (χ3n) is 9.48. The highest BCUT2D eigenvalue weighted by Crippen LogP contribution is 2.13. The third-order valence-corrected chi connectivity index (χ3v) is 9.48. The molecule has 6 heteroatoms. The standard InChI is InChI=1S/C49H84O6/c1-4-7-10-13-16-19-22-23-24-25-26-28-30-33-36-39-42-48(51)54-45-46(44-53-47(50)41-38-35-32-29-21-18-15-12-9-6-3)55-49(52)43-40-37-34-31-27-20-17-14-11-8-5-2/h7,10,14-19,23-24,46H,4-6,8-9,11-13,20-22,25-45H2,1-3H3/b10-7-,17-14-,18-15-,19-16-,24-23-. The van der Waals surface area contributed by atoms with Crippen LogP contribution in [0.15, 0.2) is 60.8 Å². The summed E-state index contributed by atoms with van der Waals surface area (Å²) in [5.41, 5.74) is 0. The molecule has 6 nitrogen and oxygen atoms in total. The number of hydrogen-bond acceptors (Lipinski definition) is 6. The molecule has 0 N–H and O–H groups in total. The molecule has 0 aromatic carbocycles. The average molecular weight is 769 g/mol. The maximum absolute atomic E-state index is 12.7. The summed E-state index contributed by atoms with van der Waals surface area (Å²) in [4.78, 5) is 37.7. The number of rotatable bonds is 40. The van der Waals surface area contributed by atoms with E-state index >= 15 is 0 Å². The van der Waals surface area contributed by atoms with Gasteiger partial charge in [0, 0.05) is 19.3 Å². The normalized spacial score (nSPS) is 12.6. The Kier molecular flexibility index (Phi) is 41.5. The van der Waals surface area contributed by atoms with Crippen LogP contribution in [0, 0.1) is 0 Å². The molecule has 1 unspecified atom stereocenters. The lowest BCUT2D eigenvalue weighted by Crippen LogP contribution is -2.30. The summed E-state index contributed by atoms with van der Waals surface area (Å²) in [6.45, 7) is 6.40. The largest absolute Gasteiger partial charge is 0.462 e.